The molecule has 0 aliphatic heterocycles. The average molecular weight is 208 g/mol. The maximum Gasteiger partial charge on any atom is 0.241 e. The summed E-state index contributed by atoms with van der Waals surface area (Å²) in [5.74, 6) is 8.02. The average Bonchev–Trinajstić information content (AvgIpc) is 2.46. The van der Waals surface area contributed by atoms with Crippen molar-refractivity contribution in [3.8, 4) is 11.8 Å². The molecule has 0 spiro atoms. The summed E-state index contributed by atoms with van der Waals surface area (Å²) in [5, 5.41) is 0. The number of hydrogen-bond donors (Lipinski definition) is 0. The topological polar surface area (TPSA) is 9.23 Å². The van der Waals surface area contributed by atoms with Crippen LogP contribution in [0.5, 0.6) is 0 Å². The highest BCUT2D eigenvalue weighted by Crippen LogP contribution is 2.26. The van der Waals surface area contributed by atoms with Crippen LogP contribution in [0.1, 0.15) is 26.2 Å². The van der Waals surface area contributed by atoms with Crippen LogP contribution < -0.4 is 0 Å². The third-order valence-electron chi connectivity index (χ3n) is 1.99. The Balaban J connectivity index is 2.50. The van der Waals surface area contributed by atoms with Gasteiger partial charge in [0, 0.05) is 18.8 Å². The highest BCUT2D eigenvalue weighted by molar-refractivity contribution is 6.70. The third-order valence-corrected chi connectivity index (χ3v) is 2.86. The molecule has 0 amide bonds. The van der Waals surface area contributed by atoms with Crippen molar-refractivity contribution in [3.63, 3.8) is 0 Å². The van der Waals surface area contributed by atoms with Crippen molar-refractivity contribution in [2.24, 2.45) is 5.92 Å². The van der Waals surface area contributed by atoms with E-state index in [2.05, 4.69) is 44.5 Å². The van der Waals surface area contributed by atoms with Gasteiger partial charge in [-0.3, -0.25) is 0 Å². The van der Waals surface area contributed by atoms with Crippen LogP contribution in [0, 0.1) is 17.8 Å². The first-order chi connectivity index (χ1) is 6.51. The normalized spacial score (nSPS) is 21.1. The first-order valence-electron chi connectivity index (χ1n) is 5.39. The van der Waals surface area contributed by atoms with Gasteiger partial charge in [0.25, 0.3) is 0 Å². The smallest absolute Gasteiger partial charge is 0.241 e. The van der Waals surface area contributed by atoms with Crippen LogP contribution in [0.15, 0.2) is 11.8 Å². The number of allylic oxidation sites excluding steroid dienone is 2. The minimum absolute atomic E-state index is 0.446. The van der Waals surface area contributed by atoms with Gasteiger partial charge in [-0.25, -0.2) is 0 Å². The summed E-state index contributed by atoms with van der Waals surface area (Å²) in [7, 11) is -1.40. The molecule has 0 saturated heterocycles. The van der Waals surface area contributed by atoms with Gasteiger partial charge in [-0.1, -0.05) is 12.8 Å². The molecule has 0 N–H and O–H groups in total. The van der Waals surface area contributed by atoms with Gasteiger partial charge in [-0.2, -0.15) is 0 Å². The molecule has 0 fully saturated rings. The Kier molecular flexibility index (Phi) is 3.83. The summed E-state index contributed by atoms with van der Waals surface area (Å²) in [4.78, 5) is 0. The Morgan fingerprint density at radius 1 is 1.50 bits per heavy atom. The number of rotatable bonds is 2. The molecular weight excluding hydrogens is 188 g/mol. The fourth-order valence-corrected chi connectivity index (χ4v) is 2.47. The molecule has 1 unspecified atom stereocenters. The lowest BCUT2D eigenvalue weighted by molar-refractivity contribution is 0.408. The molecule has 0 radical (unpaired) electrons. The molecule has 0 aromatic rings. The largest absolute Gasteiger partial charge is 0.548 e. The highest BCUT2D eigenvalue weighted by atomic mass is 28.4. The van der Waals surface area contributed by atoms with Gasteiger partial charge in [-0.15, -0.1) is 5.92 Å². The van der Waals surface area contributed by atoms with E-state index < -0.39 is 8.32 Å². The molecular formula is C12H20OSi. The second kappa shape index (κ2) is 4.70. The summed E-state index contributed by atoms with van der Waals surface area (Å²) >= 11 is 0. The summed E-state index contributed by atoms with van der Waals surface area (Å²) in [6.45, 7) is 8.75. The van der Waals surface area contributed by atoms with Crippen LogP contribution in [0.4, 0.5) is 0 Å². The molecule has 1 nitrogen and oxygen atoms in total. The fourth-order valence-electron chi connectivity index (χ4n) is 1.51. The van der Waals surface area contributed by atoms with E-state index in [1.807, 2.05) is 0 Å². The quantitative estimate of drug-likeness (QED) is 0.498. The first-order valence-corrected chi connectivity index (χ1v) is 8.80. The monoisotopic (exact) mass is 208 g/mol. The van der Waals surface area contributed by atoms with E-state index in [1.165, 1.54) is 5.76 Å². The van der Waals surface area contributed by atoms with Crippen LogP contribution in [-0.4, -0.2) is 8.32 Å². The number of hydrogen-bond acceptors (Lipinski definition) is 1. The zero-order chi connectivity index (χ0) is 10.6. The Labute approximate surface area is 88.7 Å². The third kappa shape index (κ3) is 4.02. The summed E-state index contributed by atoms with van der Waals surface area (Å²) in [6.07, 6.45) is 5.38. The van der Waals surface area contributed by atoms with Crippen LogP contribution >= 0.6 is 0 Å². The zero-order valence-electron chi connectivity index (χ0n) is 9.68. The van der Waals surface area contributed by atoms with Crippen LogP contribution in [0.2, 0.25) is 19.6 Å². The lowest BCUT2D eigenvalue weighted by atomic mass is 10.1. The molecule has 1 rings (SSSR count). The van der Waals surface area contributed by atoms with E-state index in [0.717, 1.165) is 19.3 Å². The van der Waals surface area contributed by atoms with Crippen molar-refractivity contribution in [3.05, 3.63) is 11.8 Å². The molecule has 0 saturated carbocycles. The second-order valence-electron chi connectivity index (χ2n) is 4.67. The first kappa shape index (κ1) is 11.4. The minimum atomic E-state index is -1.40. The second-order valence-corrected chi connectivity index (χ2v) is 9.10. The molecule has 2 heteroatoms. The van der Waals surface area contributed by atoms with E-state index in [-0.39, 0.29) is 0 Å². The Morgan fingerprint density at radius 3 is 2.79 bits per heavy atom. The molecule has 0 bridgehead atoms. The Morgan fingerprint density at radius 2 is 2.21 bits per heavy atom. The summed E-state index contributed by atoms with van der Waals surface area (Å²) in [5.41, 5.74) is 0. The predicted molar refractivity (Wildman–Crippen MR) is 63.3 cm³/mol. The SMILES string of the molecule is CCC#CC1C=C(O[Si](C)(C)C)CC1. The van der Waals surface area contributed by atoms with Gasteiger partial charge in [0.15, 0.2) is 0 Å². The van der Waals surface area contributed by atoms with Crippen molar-refractivity contribution in [2.45, 2.75) is 45.8 Å². The zero-order valence-corrected chi connectivity index (χ0v) is 10.7. The summed E-state index contributed by atoms with van der Waals surface area (Å²) in [6, 6.07) is 0. The minimum Gasteiger partial charge on any atom is -0.548 e. The van der Waals surface area contributed by atoms with Crippen molar-refractivity contribution in [1.82, 2.24) is 0 Å². The fraction of sp³-hybridized carbons (Fsp3) is 0.667. The van der Waals surface area contributed by atoms with Crippen molar-refractivity contribution in [1.29, 1.82) is 0 Å². The van der Waals surface area contributed by atoms with Gasteiger partial charge in [0.2, 0.25) is 8.32 Å². The molecule has 1 aliphatic carbocycles. The lowest BCUT2D eigenvalue weighted by Crippen LogP contribution is -2.24. The van der Waals surface area contributed by atoms with Gasteiger partial charge in [-0.05, 0) is 32.1 Å². The van der Waals surface area contributed by atoms with Crippen LogP contribution in [-0.2, 0) is 4.43 Å². The highest BCUT2D eigenvalue weighted by Gasteiger charge is 2.21. The Hall–Kier alpha value is -0.683. The van der Waals surface area contributed by atoms with Crippen LogP contribution in [0.25, 0.3) is 0 Å². The van der Waals surface area contributed by atoms with Crippen molar-refractivity contribution in [2.75, 3.05) is 0 Å². The lowest BCUT2D eigenvalue weighted by Gasteiger charge is -2.19. The summed E-state index contributed by atoms with van der Waals surface area (Å²) < 4.78 is 5.94. The maximum atomic E-state index is 5.94. The van der Waals surface area contributed by atoms with E-state index in [1.54, 1.807) is 0 Å². The van der Waals surface area contributed by atoms with Crippen molar-refractivity contribution < 1.29 is 4.43 Å². The Bertz CT molecular complexity index is 275. The molecule has 78 valence electrons. The van der Waals surface area contributed by atoms with Crippen molar-refractivity contribution >= 4 is 8.32 Å². The molecule has 1 atom stereocenters. The van der Waals surface area contributed by atoms with E-state index >= 15 is 0 Å². The standard InChI is InChI=1S/C12H20OSi/c1-5-6-7-11-8-9-12(10-11)13-14(2,3)4/h10-11H,5,8-9H2,1-4H3. The molecule has 0 heterocycles. The van der Waals surface area contributed by atoms with Gasteiger partial charge in [0.05, 0.1) is 5.76 Å². The molecule has 14 heavy (non-hydrogen) atoms. The van der Waals surface area contributed by atoms with Gasteiger partial charge >= 0.3 is 0 Å². The molecule has 0 aromatic heterocycles. The van der Waals surface area contributed by atoms with Gasteiger partial charge < -0.3 is 4.43 Å². The molecule has 1 aliphatic rings. The maximum absolute atomic E-state index is 5.94. The van der Waals surface area contributed by atoms with Crippen LogP contribution in [0.3, 0.4) is 0 Å². The van der Waals surface area contributed by atoms with E-state index in [9.17, 15) is 0 Å². The molecule has 0 aromatic carbocycles. The predicted octanol–water partition coefficient (Wildman–Crippen LogP) is 3.55. The van der Waals surface area contributed by atoms with E-state index in [0.29, 0.717) is 5.92 Å². The van der Waals surface area contributed by atoms with Gasteiger partial charge in [0.1, 0.15) is 0 Å². The van der Waals surface area contributed by atoms with E-state index in [4.69, 9.17) is 4.43 Å².